The average molecular weight is 448 g/mol. The lowest BCUT2D eigenvalue weighted by atomic mass is 9.98. The second-order valence-corrected chi connectivity index (χ2v) is 8.51. The second kappa shape index (κ2) is 8.16. The Morgan fingerprint density at radius 2 is 2.00 bits per heavy atom. The van der Waals surface area contributed by atoms with Crippen molar-refractivity contribution in [2.45, 2.75) is 19.4 Å². The summed E-state index contributed by atoms with van der Waals surface area (Å²) in [6.45, 7) is 3.02. The molecule has 3 heterocycles. The number of aliphatic hydroxyl groups is 1. The lowest BCUT2D eigenvalue weighted by Gasteiger charge is -2.24. The van der Waals surface area contributed by atoms with E-state index in [2.05, 4.69) is 0 Å². The molecular weight excluding hydrogens is 426 g/mol. The van der Waals surface area contributed by atoms with Gasteiger partial charge < -0.3 is 14.6 Å². The number of amides is 1. The molecule has 0 bridgehead atoms. The first-order valence-electron chi connectivity index (χ1n) is 10.4. The van der Waals surface area contributed by atoms with Gasteiger partial charge in [0.15, 0.2) is 0 Å². The molecule has 0 radical (unpaired) electrons. The van der Waals surface area contributed by atoms with Crippen molar-refractivity contribution in [1.29, 1.82) is 0 Å². The van der Waals surface area contributed by atoms with Gasteiger partial charge in [-0.15, -0.1) is 11.3 Å². The number of thiophene rings is 1. The summed E-state index contributed by atoms with van der Waals surface area (Å²) in [6.07, 6.45) is 0.741. The van der Waals surface area contributed by atoms with Crippen LogP contribution >= 0.6 is 11.3 Å². The van der Waals surface area contributed by atoms with Crippen LogP contribution in [0.2, 0.25) is 0 Å². The van der Waals surface area contributed by atoms with Gasteiger partial charge in [0.25, 0.3) is 11.7 Å². The SMILES string of the molecule is CCOc1ccc(N2C(=O)C(=O)/C(=C(\O)c3ccc4c(c3)CCO4)C2c2cccs2)cc1. The van der Waals surface area contributed by atoms with Gasteiger partial charge in [0.2, 0.25) is 0 Å². The highest BCUT2D eigenvalue weighted by Gasteiger charge is 2.47. The van der Waals surface area contributed by atoms with E-state index in [1.54, 1.807) is 36.4 Å². The largest absolute Gasteiger partial charge is 0.507 e. The van der Waals surface area contributed by atoms with Crippen molar-refractivity contribution in [2.75, 3.05) is 18.1 Å². The Bertz CT molecular complexity index is 1210. The Kier molecular flexibility index (Phi) is 5.19. The number of carbonyl (C=O) groups is 2. The number of benzene rings is 2. The van der Waals surface area contributed by atoms with Gasteiger partial charge >= 0.3 is 0 Å². The summed E-state index contributed by atoms with van der Waals surface area (Å²) < 4.78 is 11.0. The van der Waals surface area contributed by atoms with E-state index in [0.717, 1.165) is 22.6 Å². The third-order valence-corrected chi connectivity index (χ3v) is 6.57. The number of rotatable bonds is 5. The highest BCUT2D eigenvalue weighted by Crippen LogP contribution is 2.44. The van der Waals surface area contributed by atoms with Gasteiger partial charge in [0.05, 0.1) is 18.8 Å². The van der Waals surface area contributed by atoms with Crippen LogP contribution in [-0.4, -0.2) is 30.0 Å². The fourth-order valence-electron chi connectivity index (χ4n) is 4.17. The normalized spacial score (nSPS) is 19.2. The number of fused-ring (bicyclic) bond motifs is 1. The van der Waals surface area contributed by atoms with Gasteiger partial charge in [-0.1, -0.05) is 6.07 Å². The summed E-state index contributed by atoms with van der Waals surface area (Å²) >= 11 is 1.43. The number of ketones is 1. The van der Waals surface area contributed by atoms with Gasteiger partial charge in [-0.2, -0.15) is 0 Å². The van der Waals surface area contributed by atoms with Crippen molar-refractivity contribution < 1.29 is 24.2 Å². The summed E-state index contributed by atoms with van der Waals surface area (Å²) in [4.78, 5) is 28.5. The zero-order chi connectivity index (χ0) is 22.2. The Labute approximate surface area is 189 Å². The number of hydrogen-bond acceptors (Lipinski definition) is 6. The highest BCUT2D eigenvalue weighted by atomic mass is 32.1. The smallest absolute Gasteiger partial charge is 0.300 e. The lowest BCUT2D eigenvalue weighted by Crippen LogP contribution is -2.29. The number of Topliss-reactive ketones (excluding diaryl/α,β-unsaturated/α-hetero) is 1. The molecule has 1 aromatic heterocycles. The van der Waals surface area contributed by atoms with E-state index in [9.17, 15) is 14.7 Å². The predicted molar refractivity (Wildman–Crippen MR) is 122 cm³/mol. The third-order valence-electron chi connectivity index (χ3n) is 5.65. The molecule has 1 N–H and O–H groups in total. The maximum absolute atomic E-state index is 13.2. The molecule has 2 aliphatic rings. The number of aliphatic hydroxyl groups excluding tert-OH is 1. The van der Waals surface area contributed by atoms with E-state index >= 15 is 0 Å². The number of ether oxygens (including phenoxy) is 2. The zero-order valence-corrected chi connectivity index (χ0v) is 18.2. The number of hydrogen-bond donors (Lipinski definition) is 1. The van der Waals surface area contributed by atoms with E-state index in [1.165, 1.54) is 16.2 Å². The first-order valence-corrected chi connectivity index (χ1v) is 11.3. The molecule has 3 aromatic rings. The van der Waals surface area contributed by atoms with Crippen LogP contribution < -0.4 is 14.4 Å². The maximum atomic E-state index is 13.2. The van der Waals surface area contributed by atoms with Crippen molar-refractivity contribution in [3.8, 4) is 11.5 Å². The minimum atomic E-state index is -0.711. The van der Waals surface area contributed by atoms with E-state index in [-0.39, 0.29) is 11.3 Å². The molecule has 6 nitrogen and oxygen atoms in total. The van der Waals surface area contributed by atoms with E-state index in [0.29, 0.717) is 30.2 Å². The van der Waals surface area contributed by atoms with E-state index < -0.39 is 17.7 Å². The number of anilines is 1. The molecular formula is C25H21NO5S. The molecule has 2 aliphatic heterocycles. The molecule has 162 valence electrons. The second-order valence-electron chi connectivity index (χ2n) is 7.53. The quantitative estimate of drug-likeness (QED) is 0.348. The van der Waals surface area contributed by atoms with Crippen LogP contribution in [0.5, 0.6) is 11.5 Å². The maximum Gasteiger partial charge on any atom is 0.300 e. The van der Waals surface area contributed by atoms with Crippen LogP contribution in [0.4, 0.5) is 5.69 Å². The average Bonchev–Trinajstić information content (AvgIpc) is 3.54. The fraction of sp³-hybridized carbons (Fsp3) is 0.200. The van der Waals surface area contributed by atoms with Gasteiger partial charge in [-0.25, -0.2) is 0 Å². The Morgan fingerprint density at radius 3 is 2.72 bits per heavy atom. The first-order chi connectivity index (χ1) is 15.6. The fourth-order valence-corrected chi connectivity index (χ4v) is 5.00. The summed E-state index contributed by atoms with van der Waals surface area (Å²) in [5, 5.41) is 13.1. The van der Waals surface area contributed by atoms with Crippen LogP contribution in [0.3, 0.4) is 0 Å². The van der Waals surface area contributed by atoms with E-state index in [4.69, 9.17) is 9.47 Å². The van der Waals surface area contributed by atoms with Crippen LogP contribution in [0, 0.1) is 0 Å². The highest BCUT2D eigenvalue weighted by molar-refractivity contribution is 7.10. The minimum absolute atomic E-state index is 0.0881. The molecule has 2 aromatic carbocycles. The van der Waals surface area contributed by atoms with Crippen molar-refractivity contribution in [3.05, 3.63) is 81.6 Å². The van der Waals surface area contributed by atoms with Crippen LogP contribution in [-0.2, 0) is 16.0 Å². The summed E-state index contributed by atoms with van der Waals surface area (Å²) in [6, 6.07) is 15.4. The predicted octanol–water partition coefficient (Wildman–Crippen LogP) is 4.71. The van der Waals surface area contributed by atoms with Gasteiger partial charge in [0, 0.05) is 22.5 Å². The molecule has 0 spiro atoms. The summed E-state index contributed by atoms with van der Waals surface area (Å²) in [5.41, 5.74) is 2.13. The summed E-state index contributed by atoms with van der Waals surface area (Å²) in [5.74, 6) is -0.0814. The Morgan fingerprint density at radius 1 is 1.19 bits per heavy atom. The minimum Gasteiger partial charge on any atom is -0.507 e. The monoisotopic (exact) mass is 447 g/mol. The molecule has 32 heavy (non-hydrogen) atoms. The molecule has 7 heteroatoms. The van der Waals surface area contributed by atoms with Gasteiger partial charge in [-0.05, 0) is 66.4 Å². The number of carbonyl (C=O) groups excluding carboxylic acids is 2. The number of nitrogens with zero attached hydrogens (tertiary/aromatic N) is 1. The molecule has 0 saturated carbocycles. The van der Waals surface area contributed by atoms with Gasteiger partial charge in [0.1, 0.15) is 23.3 Å². The topological polar surface area (TPSA) is 76.1 Å². The van der Waals surface area contributed by atoms with Crippen LogP contribution in [0.15, 0.2) is 65.6 Å². The van der Waals surface area contributed by atoms with Gasteiger partial charge in [-0.3, -0.25) is 14.5 Å². The third kappa shape index (κ3) is 3.35. The van der Waals surface area contributed by atoms with Crippen molar-refractivity contribution in [1.82, 2.24) is 0 Å². The molecule has 1 atom stereocenters. The molecule has 1 amide bonds. The van der Waals surface area contributed by atoms with Crippen molar-refractivity contribution in [2.24, 2.45) is 0 Å². The molecule has 5 rings (SSSR count). The van der Waals surface area contributed by atoms with E-state index in [1.807, 2.05) is 30.5 Å². The molecule has 0 aliphatic carbocycles. The standard InChI is InChI=1S/C25H21NO5S/c1-2-30-18-8-6-17(7-9-18)26-22(20-4-3-13-32-20)21(24(28)25(26)29)23(27)16-5-10-19-15(14-16)11-12-31-19/h3-10,13-14,22,27H,2,11-12H2,1H3/b23-21-. The van der Waals surface area contributed by atoms with Crippen molar-refractivity contribution >= 4 is 34.5 Å². The molecule has 1 fully saturated rings. The molecule has 1 unspecified atom stereocenters. The Hall–Kier alpha value is -3.58. The Balaban J connectivity index is 1.63. The van der Waals surface area contributed by atoms with Crippen LogP contribution in [0.25, 0.3) is 5.76 Å². The lowest BCUT2D eigenvalue weighted by molar-refractivity contribution is -0.132. The summed E-state index contributed by atoms with van der Waals surface area (Å²) in [7, 11) is 0. The van der Waals surface area contributed by atoms with Crippen LogP contribution in [0.1, 0.15) is 29.0 Å². The molecule has 1 saturated heterocycles. The van der Waals surface area contributed by atoms with Crippen molar-refractivity contribution in [3.63, 3.8) is 0 Å². The zero-order valence-electron chi connectivity index (χ0n) is 17.4. The first kappa shape index (κ1) is 20.3.